The van der Waals surface area contributed by atoms with Gasteiger partial charge in [-0.15, -0.1) is 6.42 Å². The van der Waals surface area contributed by atoms with Crippen molar-refractivity contribution in [3.63, 3.8) is 0 Å². The van der Waals surface area contributed by atoms with Crippen LogP contribution in [0.5, 0.6) is 5.75 Å². The van der Waals surface area contributed by atoms with Crippen LogP contribution in [0.4, 0.5) is 0 Å². The fraction of sp³-hybridized carbons (Fsp3) is 0.500. The van der Waals surface area contributed by atoms with Gasteiger partial charge < -0.3 is 14.2 Å². The zero-order valence-electron chi connectivity index (χ0n) is 18.2. The lowest BCUT2D eigenvalue weighted by Gasteiger charge is -2.35. The summed E-state index contributed by atoms with van der Waals surface area (Å²) in [5.74, 6) is 0.396. The van der Waals surface area contributed by atoms with E-state index in [1.54, 1.807) is 28.7 Å². The van der Waals surface area contributed by atoms with Gasteiger partial charge in [-0.3, -0.25) is 9.59 Å². The Bertz CT molecular complexity index is 1220. The normalized spacial score (nSPS) is 17.3. The molecule has 1 unspecified atom stereocenters. The smallest absolute Gasteiger partial charge is 0.263 e. The van der Waals surface area contributed by atoms with Gasteiger partial charge in [0.05, 0.1) is 23.9 Å². The molecule has 1 aromatic carbocycles. The molecule has 1 aromatic heterocycles. The minimum Gasteiger partial charge on any atom is -0.497 e. The third-order valence-corrected chi connectivity index (χ3v) is 7.88. The van der Waals surface area contributed by atoms with Crippen molar-refractivity contribution in [2.24, 2.45) is 4.99 Å². The molecule has 1 aliphatic rings. The number of thiazole rings is 1. The van der Waals surface area contributed by atoms with Crippen molar-refractivity contribution >= 4 is 43.2 Å². The van der Waals surface area contributed by atoms with Crippen LogP contribution in [-0.4, -0.2) is 60.9 Å². The molecular formula is C22H27N3O5S2. The molecule has 1 saturated heterocycles. The summed E-state index contributed by atoms with van der Waals surface area (Å²) < 4.78 is 32.8. The van der Waals surface area contributed by atoms with E-state index in [1.807, 2.05) is 13.0 Å². The number of nitrogens with zero attached hydrogens (tertiary/aromatic N) is 3. The fourth-order valence-corrected chi connectivity index (χ4v) is 6.07. The molecule has 0 radical (unpaired) electrons. The number of benzene rings is 1. The van der Waals surface area contributed by atoms with Crippen LogP contribution in [0.25, 0.3) is 10.2 Å². The average molecular weight is 478 g/mol. The van der Waals surface area contributed by atoms with Crippen molar-refractivity contribution in [2.75, 3.05) is 25.2 Å². The van der Waals surface area contributed by atoms with Crippen LogP contribution in [0, 0.1) is 12.3 Å². The molecule has 0 saturated carbocycles. The van der Waals surface area contributed by atoms with Crippen molar-refractivity contribution in [3.05, 3.63) is 23.0 Å². The Morgan fingerprint density at radius 3 is 2.78 bits per heavy atom. The Labute approximate surface area is 191 Å². The second-order valence-electron chi connectivity index (χ2n) is 7.69. The molecule has 8 nitrogen and oxygen atoms in total. The van der Waals surface area contributed by atoms with Gasteiger partial charge in [0, 0.05) is 12.6 Å². The second kappa shape index (κ2) is 10.3. The number of likely N-dealkylation sites (tertiary alicyclic amines) is 1. The highest BCUT2D eigenvalue weighted by Crippen LogP contribution is 2.23. The summed E-state index contributed by atoms with van der Waals surface area (Å²) in [4.78, 5) is 31.1. The van der Waals surface area contributed by atoms with Crippen LogP contribution in [0.2, 0.25) is 0 Å². The van der Waals surface area contributed by atoms with Gasteiger partial charge in [-0.2, -0.15) is 4.99 Å². The van der Waals surface area contributed by atoms with Gasteiger partial charge >= 0.3 is 0 Å². The van der Waals surface area contributed by atoms with Gasteiger partial charge in [0.1, 0.15) is 17.3 Å². The van der Waals surface area contributed by atoms with E-state index in [2.05, 4.69) is 10.9 Å². The number of ether oxygens (including phenoxy) is 1. The molecule has 2 amide bonds. The SMILES string of the molecule is C#CCn1c(=NC(=O)CS(=O)(=O)CC(=O)N2CCCCC2CC)sc2cc(OC)ccc21. The van der Waals surface area contributed by atoms with E-state index in [1.165, 1.54) is 11.3 Å². The molecule has 1 atom stereocenters. The maximum absolute atomic E-state index is 12.6. The fourth-order valence-electron chi connectivity index (χ4n) is 3.91. The quantitative estimate of drug-likeness (QED) is 0.568. The zero-order chi connectivity index (χ0) is 23.3. The highest BCUT2D eigenvalue weighted by atomic mass is 32.2. The summed E-state index contributed by atoms with van der Waals surface area (Å²) in [6, 6.07) is 5.44. The van der Waals surface area contributed by atoms with Crippen LogP contribution in [0.1, 0.15) is 32.6 Å². The number of carbonyl (C=O) groups excluding carboxylic acids is 2. The van der Waals surface area contributed by atoms with Crippen LogP contribution < -0.4 is 9.54 Å². The first-order valence-electron chi connectivity index (χ1n) is 10.5. The molecule has 0 bridgehead atoms. The summed E-state index contributed by atoms with van der Waals surface area (Å²) in [7, 11) is -2.39. The Morgan fingerprint density at radius 1 is 1.31 bits per heavy atom. The average Bonchev–Trinajstić information content (AvgIpc) is 3.08. The number of sulfone groups is 1. The van der Waals surface area contributed by atoms with E-state index in [0.717, 1.165) is 35.9 Å². The van der Waals surface area contributed by atoms with E-state index in [9.17, 15) is 18.0 Å². The van der Waals surface area contributed by atoms with E-state index in [4.69, 9.17) is 11.2 Å². The van der Waals surface area contributed by atoms with E-state index < -0.39 is 33.2 Å². The monoisotopic (exact) mass is 477 g/mol. The largest absolute Gasteiger partial charge is 0.497 e. The van der Waals surface area contributed by atoms with Crippen LogP contribution in [0.3, 0.4) is 0 Å². The van der Waals surface area contributed by atoms with Crippen molar-refractivity contribution in [3.8, 4) is 18.1 Å². The number of rotatable bonds is 7. The number of piperidine rings is 1. The van der Waals surface area contributed by atoms with Crippen molar-refractivity contribution < 1.29 is 22.7 Å². The van der Waals surface area contributed by atoms with Crippen molar-refractivity contribution in [1.29, 1.82) is 0 Å². The van der Waals surface area contributed by atoms with Gasteiger partial charge in [-0.05, 0) is 43.9 Å². The van der Waals surface area contributed by atoms with Gasteiger partial charge in [-0.25, -0.2) is 8.42 Å². The molecule has 32 heavy (non-hydrogen) atoms. The highest BCUT2D eigenvalue weighted by Gasteiger charge is 2.29. The zero-order valence-corrected chi connectivity index (χ0v) is 19.9. The molecular weight excluding hydrogens is 450 g/mol. The molecule has 10 heteroatoms. The number of amides is 2. The first-order valence-corrected chi connectivity index (χ1v) is 13.1. The third kappa shape index (κ3) is 5.58. The maximum atomic E-state index is 12.6. The topological polar surface area (TPSA) is 98.0 Å². The van der Waals surface area contributed by atoms with E-state index in [0.29, 0.717) is 17.1 Å². The predicted octanol–water partition coefficient (Wildman–Crippen LogP) is 1.98. The predicted molar refractivity (Wildman–Crippen MR) is 124 cm³/mol. The maximum Gasteiger partial charge on any atom is 0.263 e. The van der Waals surface area contributed by atoms with E-state index in [-0.39, 0.29) is 12.6 Å². The Hall–Kier alpha value is -2.64. The number of terminal acetylenes is 1. The molecule has 0 aliphatic carbocycles. The lowest BCUT2D eigenvalue weighted by molar-refractivity contribution is -0.132. The lowest BCUT2D eigenvalue weighted by atomic mass is 10.0. The van der Waals surface area contributed by atoms with Crippen molar-refractivity contribution in [1.82, 2.24) is 9.47 Å². The summed E-state index contributed by atoms with van der Waals surface area (Å²) in [6.07, 6.45) is 9.02. The molecule has 3 rings (SSSR count). The molecule has 0 spiro atoms. The first-order chi connectivity index (χ1) is 15.3. The minimum absolute atomic E-state index is 0.0603. The summed E-state index contributed by atoms with van der Waals surface area (Å²) >= 11 is 1.22. The number of aromatic nitrogens is 1. The molecule has 172 valence electrons. The molecule has 0 N–H and O–H groups in total. The summed E-state index contributed by atoms with van der Waals surface area (Å²) in [5.41, 5.74) is 0.772. The number of fused-ring (bicyclic) bond motifs is 1. The van der Waals surface area contributed by atoms with E-state index >= 15 is 0 Å². The van der Waals surface area contributed by atoms with Crippen LogP contribution >= 0.6 is 11.3 Å². The van der Waals surface area contributed by atoms with Gasteiger partial charge in [0.2, 0.25) is 5.91 Å². The van der Waals surface area contributed by atoms with Crippen molar-refractivity contribution in [2.45, 2.75) is 45.2 Å². The molecule has 2 heterocycles. The van der Waals surface area contributed by atoms with Gasteiger partial charge in [-0.1, -0.05) is 24.2 Å². The second-order valence-corrected chi connectivity index (χ2v) is 10.8. The minimum atomic E-state index is -3.95. The lowest BCUT2D eigenvalue weighted by Crippen LogP contribution is -2.46. The number of methoxy groups -OCH3 is 1. The molecule has 1 aliphatic heterocycles. The van der Waals surface area contributed by atoms with Crippen LogP contribution in [-0.2, 0) is 26.0 Å². The Kier molecular flexibility index (Phi) is 7.74. The number of carbonyl (C=O) groups is 2. The third-order valence-electron chi connectivity index (χ3n) is 5.47. The Balaban J connectivity index is 1.80. The molecule has 2 aromatic rings. The van der Waals surface area contributed by atoms with Crippen LogP contribution in [0.15, 0.2) is 23.2 Å². The highest BCUT2D eigenvalue weighted by molar-refractivity contribution is 7.92. The first kappa shape index (κ1) is 24.0. The van der Waals surface area contributed by atoms with Gasteiger partial charge in [0.15, 0.2) is 14.6 Å². The number of hydrogen-bond acceptors (Lipinski definition) is 6. The standard InChI is InChI=1S/C22H27N3O5S2/c1-4-11-25-18-10-9-17(30-3)13-19(18)31-22(25)23-20(26)14-32(28,29)15-21(27)24-12-7-6-8-16(24)5-2/h1,9-10,13,16H,5-8,11-12,14-15H2,2-3H3. The number of hydrogen-bond donors (Lipinski definition) is 0. The summed E-state index contributed by atoms with van der Waals surface area (Å²) in [6.45, 7) is 2.72. The summed E-state index contributed by atoms with van der Waals surface area (Å²) in [5, 5.41) is 0. The van der Waals surface area contributed by atoms with Gasteiger partial charge in [0.25, 0.3) is 5.91 Å². The Morgan fingerprint density at radius 2 is 2.09 bits per heavy atom. The molecule has 1 fully saturated rings.